The van der Waals surface area contributed by atoms with Crippen molar-refractivity contribution in [3.8, 4) is 5.75 Å². The molecule has 1 N–H and O–H groups in total. The third-order valence-electron chi connectivity index (χ3n) is 3.41. The quantitative estimate of drug-likeness (QED) is 0.888. The first kappa shape index (κ1) is 13.9. The van der Waals surface area contributed by atoms with Gasteiger partial charge in [-0.25, -0.2) is 0 Å². The number of carbonyl (C=O) groups excluding carboxylic acids is 1. The Balaban J connectivity index is 2.35. The minimum absolute atomic E-state index is 0.0175. The lowest BCUT2D eigenvalue weighted by Gasteiger charge is -2.34. The number of amides is 1. The Labute approximate surface area is 114 Å². The molecule has 0 radical (unpaired) electrons. The van der Waals surface area contributed by atoms with Gasteiger partial charge < -0.3 is 14.7 Å². The molecular weight excluding hydrogens is 242 g/mol. The number of benzene rings is 1. The molecule has 1 aliphatic heterocycles. The highest BCUT2D eigenvalue weighted by atomic mass is 16.5. The van der Waals surface area contributed by atoms with Crippen molar-refractivity contribution >= 4 is 11.6 Å². The van der Waals surface area contributed by atoms with Crippen LogP contribution in [0.4, 0.5) is 5.69 Å². The first-order valence-electron chi connectivity index (χ1n) is 6.93. The SMILES string of the molecule is CCCCN1C(=O)C(CC)Oc2cc(CO)ccc21. The first-order valence-corrected chi connectivity index (χ1v) is 6.93. The van der Waals surface area contributed by atoms with Crippen LogP contribution in [0, 0.1) is 0 Å². The van der Waals surface area contributed by atoms with Gasteiger partial charge in [-0.05, 0) is 30.5 Å². The summed E-state index contributed by atoms with van der Waals surface area (Å²) in [5, 5.41) is 9.19. The molecule has 0 aliphatic carbocycles. The van der Waals surface area contributed by atoms with Crippen molar-refractivity contribution < 1.29 is 14.6 Å². The van der Waals surface area contributed by atoms with Gasteiger partial charge in [0.05, 0.1) is 12.3 Å². The Kier molecular flexibility index (Phi) is 4.43. The summed E-state index contributed by atoms with van der Waals surface area (Å²) < 4.78 is 5.74. The molecule has 1 aromatic carbocycles. The van der Waals surface area contributed by atoms with E-state index in [1.54, 1.807) is 0 Å². The Morgan fingerprint density at radius 1 is 1.37 bits per heavy atom. The van der Waals surface area contributed by atoms with Gasteiger partial charge in [-0.2, -0.15) is 0 Å². The maximum Gasteiger partial charge on any atom is 0.268 e. The van der Waals surface area contributed by atoms with Crippen LogP contribution < -0.4 is 9.64 Å². The zero-order valence-electron chi connectivity index (χ0n) is 11.6. The summed E-state index contributed by atoms with van der Waals surface area (Å²) >= 11 is 0. The highest BCUT2D eigenvalue weighted by Crippen LogP contribution is 2.35. The van der Waals surface area contributed by atoms with Crippen LogP contribution in [0.3, 0.4) is 0 Å². The van der Waals surface area contributed by atoms with Crippen molar-refractivity contribution in [3.63, 3.8) is 0 Å². The van der Waals surface area contributed by atoms with E-state index >= 15 is 0 Å². The number of anilines is 1. The predicted octanol–water partition coefficient (Wildman–Crippen LogP) is 2.48. The summed E-state index contributed by atoms with van der Waals surface area (Å²) in [6, 6.07) is 5.52. The van der Waals surface area contributed by atoms with E-state index in [4.69, 9.17) is 4.74 Å². The maximum absolute atomic E-state index is 12.3. The summed E-state index contributed by atoms with van der Waals surface area (Å²) in [6.45, 7) is 4.76. The second-order valence-electron chi connectivity index (χ2n) is 4.82. The van der Waals surface area contributed by atoms with Crippen LogP contribution in [0.2, 0.25) is 0 Å². The van der Waals surface area contributed by atoms with Gasteiger partial charge >= 0.3 is 0 Å². The lowest BCUT2D eigenvalue weighted by atomic mass is 10.1. The molecule has 0 fully saturated rings. The van der Waals surface area contributed by atoms with E-state index in [0.717, 1.165) is 30.6 Å². The van der Waals surface area contributed by atoms with Gasteiger partial charge in [0.15, 0.2) is 6.10 Å². The van der Waals surface area contributed by atoms with Gasteiger partial charge in [0.2, 0.25) is 0 Å². The Morgan fingerprint density at radius 3 is 2.79 bits per heavy atom. The van der Waals surface area contributed by atoms with E-state index in [2.05, 4.69) is 6.92 Å². The molecule has 0 saturated carbocycles. The Bertz CT molecular complexity index is 459. The molecule has 2 rings (SSSR count). The van der Waals surface area contributed by atoms with Gasteiger partial charge in [-0.3, -0.25) is 4.79 Å². The van der Waals surface area contributed by atoms with Gasteiger partial charge in [0.25, 0.3) is 5.91 Å². The summed E-state index contributed by atoms with van der Waals surface area (Å²) in [7, 11) is 0. The number of nitrogens with zero attached hydrogens (tertiary/aromatic N) is 1. The molecule has 4 nitrogen and oxygen atoms in total. The molecule has 1 amide bonds. The van der Waals surface area contributed by atoms with E-state index in [1.807, 2.05) is 30.0 Å². The molecule has 0 saturated heterocycles. The van der Waals surface area contributed by atoms with Crippen molar-refractivity contribution in [2.75, 3.05) is 11.4 Å². The fourth-order valence-electron chi connectivity index (χ4n) is 2.28. The van der Waals surface area contributed by atoms with Crippen molar-refractivity contribution in [1.29, 1.82) is 0 Å². The average Bonchev–Trinajstić information content (AvgIpc) is 2.45. The van der Waals surface area contributed by atoms with Crippen LogP contribution >= 0.6 is 0 Å². The van der Waals surface area contributed by atoms with Crippen molar-refractivity contribution in [1.82, 2.24) is 0 Å². The van der Waals surface area contributed by atoms with E-state index in [0.29, 0.717) is 12.2 Å². The number of hydrogen-bond donors (Lipinski definition) is 1. The zero-order chi connectivity index (χ0) is 13.8. The number of rotatable bonds is 5. The number of aliphatic hydroxyl groups excluding tert-OH is 1. The lowest BCUT2D eigenvalue weighted by molar-refractivity contribution is -0.126. The van der Waals surface area contributed by atoms with E-state index in [-0.39, 0.29) is 12.5 Å². The number of aliphatic hydroxyl groups is 1. The van der Waals surface area contributed by atoms with Gasteiger partial charge in [-0.1, -0.05) is 26.3 Å². The molecule has 4 heteroatoms. The van der Waals surface area contributed by atoms with Gasteiger partial charge in [0, 0.05) is 6.54 Å². The van der Waals surface area contributed by atoms with Crippen molar-refractivity contribution in [3.05, 3.63) is 23.8 Å². The number of carbonyl (C=O) groups is 1. The molecule has 0 aromatic heterocycles. The number of fused-ring (bicyclic) bond motifs is 1. The third-order valence-corrected chi connectivity index (χ3v) is 3.41. The third kappa shape index (κ3) is 2.73. The van der Waals surface area contributed by atoms with E-state index in [1.165, 1.54) is 0 Å². The largest absolute Gasteiger partial charge is 0.478 e. The normalized spacial score (nSPS) is 18.2. The summed E-state index contributed by atoms with van der Waals surface area (Å²) in [5.74, 6) is 0.745. The lowest BCUT2D eigenvalue weighted by Crippen LogP contribution is -2.46. The van der Waals surface area contributed by atoms with Crippen molar-refractivity contribution in [2.45, 2.75) is 45.8 Å². The van der Waals surface area contributed by atoms with E-state index in [9.17, 15) is 9.90 Å². The smallest absolute Gasteiger partial charge is 0.268 e. The van der Waals surface area contributed by atoms with Crippen LogP contribution in [0.5, 0.6) is 5.75 Å². The van der Waals surface area contributed by atoms with Crippen LogP contribution in [-0.4, -0.2) is 23.7 Å². The van der Waals surface area contributed by atoms with Gasteiger partial charge in [0.1, 0.15) is 5.75 Å². The molecule has 0 spiro atoms. The molecule has 1 heterocycles. The van der Waals surface area contributed by atoms with Crippen LogP contribution in [0.25, 0.3) is 0 Å². The van der Waals surface area contributed by atoms with Crippen LogP contribution in [0.15, 0.2) is 18.2 Å². The monoisotopic (exact) mass is 263 g/mol. The standard InChI is InChI=1S/C15H21NO3/c1-3-5-8-16-12-7-6-11(10-17)9-14(12)19-13(4-2)15(16)18/h6-7,9,13,17H,3-5,8,10H2,1-2H3. The predicted molar refractivity (Wildman–Crippen MR) is 74.3 cm³/mol. The van der Waals surface area contributed by atoms with Crippen LogP contribution in [0.1, 0.15) is 38.7 Å². The number of unbranched alkanes of at least 4 members (excludes halogenated alkanes) is 1. The van der Waals surface area contributed by atoms with E-state index < -0.39 is 6.10 Å². The summed E-state index contributed by atoms with van der Waals surface area (Å²) in [5.41, 5.74) is 1.62. The fourth-order valence-corrected chi connectivity index (χ4v) is 2.28. The molecule has 1 atom stereocenters. The highest BCUT2D eigenvalue weighted by molar-refractivity contribution is 6.00. The average molecular weight is 263 g/mol. The van der Waals surface area contributed by atoms with Crippen LogP contribution in [-0.2, 0) is 11.4 Å². The highest BCUT2D eigenvalue weighted by Gasteiger charge is 2.32. The second kappa shape index (κ2) is 6.06. The summed E-state index contributed by atoms with van der Waals surface area (Å²) in [4.78, 5) is 14.1. The first-order chi connectivity index (χ1) is 9.21. The molecule has 1 aliphatic rings. The zero-order valence-corrected chi connectivity index (χ0v) is 11.6. The fraction of sp³-hybridized carbons (Fsp3) is 0.533. The molecule has 19 heavy (non-hydrogen) atoms. The topological polar surface area (TPSA) is 49.8 Å². The number of ether oxygens (including phenoxy) is 1. The second-order valence-corrected chi connectivity index (χ2v) is 4.82. The Morgan fingerprint density at radius 2 is 2.16 bits per heavy atom. The minimum Gasteiger partial charge on any atom is -0.478 e. The maximum atomic E-state index is 12.3. The minimum atomic E-state index is -0.404. The van der Waals surface area contributed by atoms with Crippen molar-refractivity contribution in [2.24, 2.45) is 0 Å². The number of hydrogen-bond acceptors (Lipinski definition) is 3. The van der Waals surface area contributed by atoms with Gasteiger partial charge in [-0.15, -0.1) is 0 Å². The molecule has 0 bridgehead atoms. The Hall–Kier alpha value is -1.55. The summed E-state index contributed by atoms with van der Waals surface area (Å²) in [6.07, 6.45) is 2.28. The molecular formula is C15H21NO3. The molecule has 1 unspecified atom stereocenters. The molecule has 104 valence electrons. The molecule has 1 aromatic rings.